The van der Waals surface area contributed by atoms with E-state index in [0.717, 1.165) is 0 Å². The monoisotopic (exact) mass is 266 g/mol. The van der Waals surface area contributed by atoms with Crippen LogP contribution in [0.1, 0.15) is 10.4 Å². The highest BCUT2D eigenvalue weighted by Gasteiger charge is 2.06. The van der Waals surface area contributed by atoms with Crippen LogP contribution in [0, 0.1) is 0 Å². The van der Waals surface area contributed by atoms with E-state index in [1.165, 1.54) is 13.3 Å². The average Bonchev–Trinajstić information content (AvgIpc) is 2.81. The number of aromatic nitrogens is 2. The van der Waals surface area contributed by atoms with Crippen LogP contribution < -0.4 is 4.74 Å². The third-order valence-corrected chi connectivity index (χ3v) is 2.42. The molecule has 0 aliphatic carbocycles. The zero-order valence-electron chi connectivity index (χ0n) is 9.67. The fourth-order valence-corrected chi connectivity index (χ4v) is 1.54. The van der Waals surface area contributed by atoms with Crippen molar-refractivity contribution < 1.29 is 14.3 Å². The molecule has 0 spiro atoms. The summed E-state index contributed by atoms with van der Waals surface area (Å²) in [5.41, 5.74) is 0.438. The number of esters is 1. The van der Waals surface area contributed by atoms with Crippen molar-refractivity contribution in [1.82, 2.24) is 9.78 Å². The molecule has 1 aromatic heterocycles. The minimum absolute atomic E-state index is 0.220. The van der Waals surface area contributed by atoms with Gasteiger partial charge in [0.2, 0.25) is 0 Å². The first-order chi connectivity index (χ1) is 8.69. The van der Waals surface area contributed by atoms with Gasteiger partial charge in [0.05, 0.1) is 23.9 Å². The van der Waals surface area contributed by atoms with E-state index in [1.807, 2.05) is 0 Å². The van der Waals surface area contributed by atoms with Gasteiger partial charge >= 0.3 is 5.97 Å². The van der Waals surface area contributed by atoms with Gasteiger partial charge in [0.25, 0.3) is 0 Å². The predicted molar refractivity (Wildman–Crippen MR) is 65.6 cm³/mol. The standard InChI is InChI=1S/C12H11ClN2O3/c1-17-12(16)9-3-2-4-11(5-9)18-8-15-7-10(13)6-14-15/h2-7H,8H2,1H3. The maximum Gasteiger partial charge on any atom is 0.337 e. The van der Waals surface area contributed by atoms with Crippen LogP contribution in [0.15, 0.2) is 36.7 Å². The lowest BCUT2D eigenvalue weighted by molar-refractivity contribution is 0.0600. The first-order valence-corrected chi connectivity index (χ1v) is 5.56. The molecule has 1 aromatic carbocycles. The summed E-state index contributed by atoms with van der Waals surface area (Å²) in [6.07, 6.45) is 3.17. The maximum absolute atomic E-state index is 11.3. The van der Waals surface area contributed by atoms with E-state index in [4.69, 9.17) is 16.3 Å². The van der Waals surface area contributed by atoms with E-state index in [2.05, 4.69) is 9.84 Å². The molecule has 0 N–H and O–H groups in total. The van der Waals surface area contributed by atoms with Crippen molar-refractivity contribution in [1.29, 1.82) is 0 Å². The zero-order chi connectivity index (χ0) is 13.0. The number of halogens is 1. The predicted octanol–water partition coefficient (Wildman–Crippen LogP) is 2.36. The van der Waals surface area contributed by atoms with Gasteiger partial charge in [-0.3, -0.25) is 0 Å². The third-order valence-electron chi connectivity index (χ3n) is 2.22. The van der Waals surface area contributed by atoms with E-state index in [-0.39, 0.29) is 6.73 Å². The molecule has 0 atom stereocenters. The van der Waals surface area contributed by atoms with Crippen LogP contribution >= 0.6 is 11.6 Å². The lowest BCUT2D eigenvalue weighted by atomic mass is 10.2. The highest BCUT2D eigenvalue weighted by molar-refractivity contribution is 6.30. The Balaban J connectivity index is 2.03. The molecule has 2 rings (SSSR count). The molecular formula is C12H11ClN2O3. The molecule has 6 heteroatoms. The first-order valence-electron chi connectivity index (χ1n) is 5.18. The molecule has 0 unspecified atom stereocenters. The number of benzene rings is 1. The molecule has 18 heavy (non-hydrogen) atoms. The molecule has 0 amide bonds. The summed E-state index contributed by atoms with van der Waals surface area (Å²) in [5.74, 6) is 0.159. The number of carbonyl (C=O) groups excluding carboxylic acids is 1. The van der Waals surface area contributed by atoms with Crippen LogP contribution in [0.4, 0.5) is 0 Å². The van der Waals surface area contributed by atoms with Crippen LogP contribution in [0.5, 0.6) is 5.75 Å². The molecule has 0 aliphatic heterocycles. The molecule has 0 bridgehead atoms. The van der Waals surface area contributed by atoms with Gasteiger partial charge in [-0.2, -0.15) is 5.10 Å². The van der Waals surface area contributed by atoms with Gasteiger partial charge in [-0.1, -0.05) is 17.7 Å². The molecule has 0 aliphatic rings. The highest BCUT2D eigenvalue weighted by Crippen LogP contribution is 2.15. The summed E-state index contributed by atoms with van der Waals surface area (Å²) in [5, 5.41) is 4.52. The van der Waals surface area contributed by atoms with Crippen LogP contribution in [0.3, 0.4) is 0 Å². The molecular weight excluding hydrogens is 256 g/mol. The molecule has 1 heterocycles. The summed E-state index contributed by atoms with van der Waals surface area (Å²) in [6, 6.07) is 6.73. The smallest absolute Gasteiger partial charge is 0.337 e. The largest absolute Gasteiger partial charge is 0.471 e. The Kier molecular flexibility index (Phi) is 3.84. The third kappa shape index (κ3) is 3.01. The lowest BCUT2D eigenvalue weighted by Gasteiger charge is -2.07. The van der Waals surface area contributed by atoms with Crippen molar-refractivity contribution in [2.45, 2.75) is 6.73 Å². The Morgan fingerprint density at radius 3 is 3.00 bits per heavy atom. The highest BCUT2D eigenvalue weighted by atomic mass is 35.5. The van der Waals surface area contributed by atoms with E-state index in [0.29, 0.717) is 16.3 Å². The Labute approximate surface area is 109 Å². The fraction of sp³-hybridized carbons (Fsp3) is 0.167. The summed E-state index contributed by atoms with van der Waals surface area (Å²) in [6.45, 7) is 0.220. The van der Waals surface area contributed by atoms with Gasteiger partial charge < -0.3 is 9.47 Å². The summed E-state index contributed by atoms with van der Waals surface area (Å²) < 4.78 is 11.7. The number of hydrogen-bond donors (Lipinski definition) is 0. The van der Waals surface area contributed by atoms with Crippen molar-refractivity contribution in [2.24, 2.45) is 0 Å². The van der Waals surface area contributed by atoms with E-state index >= 15 is 0 Å². The number of carbonyl (C=O) groups is 1. The minimum Gasteiger partial charge on any atom is -0.471 e. The average molecular weight is 267 g/mol. The normalized spacial score (nSPS) is 10.1. The van der Waals surface area contributed by atoms with Crippen LogP contribution in [-0.4, -0.2) is 22.9 Å². The van der Waals surface area contributed by atoms with Crippen molar-refractivity contribution in [3.63, 3.8) is 0 Å². The Bertz CT molecular complexity index is 554. The summed E-state index contributed by atoms with van der Waals surface area (Å²) >= 11 is 5.73. The topological polar surface area (TPSA) is 53.4 Å². The molecule has 0 saturated heterocycles. The molecule has 0 saturated carbocycles. The number of nitrogens with zero attached hydrogens (tertiary/aromatic N) is 2. The second kappa shape index (κ2) is 5.55. The summed E-state index contributed by atoms with van der Waals surface area (Å²) in [4.78, 5) is 11.3. The minimum atomic E-state index is -0.400. The second-order valence-corrected chi connectivity index (χ2v) is 3.93. The maximum atomic E-state index is 11.3. The second-order valence-electron chi connectivity index (χ2n) is 3.49. The number of ether oxygens (including phenoxy) is 2. The van der Waals surface area contributed by atoms with Gasteiger partial charge in [0, 0.05) is 6.20 Å². The molecule has 94 valence electrons. The molecule has 2 aromatic rings. The van der Waals surface area contributed by atoms with Gasteiger partial charge in [0.15, 0.2) is 6.73 Å². The Hall–Kier alpha value is -2.01. The van der Waals surface area contributed by atoms with Crippen LogP contribution in [0.2, 0.25) is 5.02 Å². The first kappa shape index (κ1) is 12.4. The Morgan fingerprint density at radius 1 is 1.50 bits per heavy atom. The van der Waals surface area contributed by atoms with E-state index < -0.39 is 5.97 Å². The van der Waals surface area contributed by atoms with Gasteiger partial charge in [0.1, 0.15) is 5.75 Å². The summed E-state index contributed by atoms with van der Waals surface area (Å²) in [7, 11) is 1.33. The van der Waals surface area contributed by atoms with Crippen molar-refractivity contribution in [3.8, 4) is 5.75 Å². The van der Waals surface area contributed by atoms with Crippen molar-refractivity contribution in [2.75, 3.05) is 7.11 Å². The zero-order valence-corrected chi connectivity index (χ0v) is 10.4. The van der Waals surface area contributed by atoms with E-state index in [1.54, 1.807) is 35.1 Å². The van der Waals surface area contributed by atoms with Crippen LogP contribution in [-0.2, 0) is 11.5 Å². The van der Waals surface area contributed by atoms with Crippen molar-refractivity contribution >= 4 is 17.6 Å². The number of rotatable bonds is 4. The van der Waals surface area contributed by atoms with Crippen molar-refractivity contribution in [3.05, 3.63) is 47.2 Å². The Morgan fingerprint density at radius 2 is 2.33 bits per heavy atom. The lowest BCUT2D eigenvalue weighted by Crippen LogP contribution is -2.06. The molecule has 5 nitrogen and oxygen atoms in total. The fourth-order valence-electron chi connectivity index (χ4n) is 1.38. The quantitative estimate of drug-likeness (QED) is 0.797. The molecule has 0 fully saturated rings. The van der Waals surface area contributed by atoms with Gasteiger partial charge in [-0.15, -0.1) is 0 Å². The SMILES string of the molecule is COC(=O)c1cccc(OCn2cc(Cl)cn2)c1. The number of methoxy groups -OCH3 is 1. The van der Waals surface area contributed by atoms with E-state index in [9.17, 15) is 4.79 Å². The molecule has 0 radical (unpaired) electrons. The van der Waals surface area contributed by atoms with Crippen LogP contribution in [0.25, 0.3) is 0 Å². The van der Waals surface area contributed by atoms with Gasteiger partial charge in [-0.25, -0.2) is 9.48 Å². The van der Waals surface area contributed by atoms with Gasteiger partial charge in [-0.05, 0) is 18.2 Å². The number of hydrogen-bond acceptors (Lipinski definition) is 4.